The maximum absolute atomic E-state index is 11.0. The molecule has 35 heavy (non-hydrogen) atoms. The van der Waals surface area contributed by atoms with Crippen molar-refractivity contribution in [2.45, 2.75) is 156 Å². The maximum Gasteiger partial charge on any atom is 0.123 e. The van der Waals surface area contributed by atoms with E-state index in [1.807, 2.05) is 0 Å². The molecule has 1 N–H and O–H groups in total. The molecular formula is C33H62NO+. The Morgan fingerprint density at radius 3 is 1.29 bits per heavy atom. The molecule has 0 radical (unpaired) electrons. The lowest BCUT2D eigenvalue weighted by Crippen LogP contribution is -2.39. The van der Waals surface area contributed by atoms with E-state index in [0.29, 0.717) is 5.75 Å². The smallest absolute Gasteiger partial charge is 0.123 e. The number of hydrogen-bond donors (Lipinski definition) is 1. The minimum absolute atomic E-state index is 0.0636. The largest absolute Gasteiger partial charge is 0.507 e. The van der Waals surface area contributed by atoms with Crippen molar-refractivity contribution >= 4 is 0 Å². The molecule has 0 aliphatic carbocycles. The highest BCUT2D eigenvalue weighted by Crippen LogP contribution is 2.40. The topological polar surface area (TPSA) is 20.2 Å². The van der Waals surface area contributed by atoms with Gasteiger partial charge in [-0.05, 0) is 35.8 Å². The van der Waals surface area contributed by atoms with Gasteiger partial charge in [0.2, 0.25) is 0 Å². The van der Waals surface area contributed by atoms with Gasteiger partial charge in [-0.1, -0.05) is 126 Å². The van der Waals surface area contributed by atoms with Crippen LogP contribution in [0.15, 0.2) is 12.1 Å². The van der Waals surface area contributed by atoms with Crippen LogP contribution in [0.1, 0.15) is 155 Å². The molecule has 204 valence electrons. The van der Waals surface area contributed by atoms with Gasteiger partial charge in [0, 0.05) is 16.7 Å². The molecule has 1 aromatic carbocycles. The van der Waals surface area contributed by atoms with Gasteiger partial charge in [0.05, 0.1) is 20.6 Å². The average molecular weight is 489 g/mol. The van der Waals surface area contributed by atoms with Gasteiger partial charge < -0.3 is 9.59 Å². The van der Waals surface area contributed by atoms with Gasteiger partial charge in [-0.2, -0.15) is 0 Å². The van der Waals surface area contributed by atoms with Crippen LogP contribution in [0, 0.1) is 0 Å². The third-order valence-corrected chi connectivity index (χ3v) is 7.51. The molecule has 0 unspecified atom stereocenters. The Balaban J connectivity index is 2.38. The number of unbranched alkanes of at least 4 members (excludes halogenated alkanes) is 13. The fourth-order valence-electron chi connectivity index (χ4n) is 5.24. The van der Waals surface area contributed by atoms with Gasteiger partial charge in [-0.3, -0.25) is 0 Å². The van der Waals surface area contributed by atoms with E-state index in [-0.39, 0.29) is 10.8 Å². The highest BCUT2D eigenvalue weighted by molar-refractivity contribution is 5.49. The van der Waals surface area contributed by atoms with Crippen molar-refractivity contribution in [3.63, 3.8) is 0 Å². The fraction of sp³-hybridized carbons (Fsp3) is 0.818. The maximum atomic E-state index is 11.0. The summed E-state index contributed by atoms with van der Waals surface area (Å²) in [6.07, 6.45) is 19.8. The number of benzene rings is 1. The molecular weight excluding hydrogens is 426 g/mol. The normalized spacial score (nSPS) is 12.9. The SMILES string of the molecule is CCCCCCCCCCCCCCCC[N+](C)(C)Cc1cc(C(C)(C)C)c(O)c(C(C)(C)C)c1. The lowest BCUT2D eigenvalue weighted by molar-refractivity contribution is -0.903. The zero-order chi connectivity index (χ0) is 26.5. The van der Waals surface area contributed by atoms with Crippen molar-refractivity contribution < 1.29 is 9.59 Å². The second kappa shape index (κ2) is 15.3. The molecule has 0 atom stereocenters. The summed E-state index contributed by atoms with van der Waals surface area (Å²) >= 11 is 0. The Labute approximate surface area is 220 Å². The molecule has 0 amide bonds. The van der Waals surface area contributed by atoms with Crippen LogP contribution < -0.4 is 0 Å². The third kappa shape index (κ3) is 13.2. The summed E-state index contributed by atoms with van der Waals surface area (Å²) in [6.45, 7) is 17.7. The van der Waals surface area contributed by atoms with Gasteiger partial charge in [0.1, 0.15) is 12.3 Å². The zero-order valence-electron chi connectivity index (χ0n) is 25.4. The molecule has 0 bridgehead atoms. The van der Waals surface area contributed by atoms with Gasteiger partial charge >= 0.3 is 0 Å². The predicted octanol–water partition coefficient (Wildman–Crippen LogP) is 10.0. The highest BCUT2D eigenvalue weighted by Gasteiger charge is 2.28. The van der Waals surface area contributed by atoms with Crippen LogP contribution in [-0.4, -0.2) is 30.2 Å². The van der Waals surface area contributed by atoms with E-state index in [9.17, 15) is 5.11 Å². The summed E-state index contributed by atoms with van der Waals surface area (Å²) in [5, 5.41) is 11.0. The Hall–Kier alpha value is -1.02. The molecule has 0 aromatic heterocycles. The number of rotatable bonds is 17. The summed E-state index contributed by atoms with van der Waals surface area (Å²) < 4.78 is 1.01. The summed E-state index contributed by atoms with van der Waals surface area (Å²) in [6, 6.07) is 4.52. The summed E-state index contributed by atoms with van der Waals surface area (Å²) in [7, 11) is 4.73. The van der Waals surface area contributed by atoms with Crippen LogP contribution in [0.5, 0.6) is 5.75 Å². The average Bonchev–Trinajstić information content (AvgIpc) is 2.73. The van der Waals surface area contributed by atoms with Crippen molar-refractivity contribution in [3.05, 3.63) is 28.8 Å². The van der Waals surface area contributed by atoms with Crippen molar-refractivity contribution in [2.24, 2.45) is 0 Å². The molecule has 0 saturated carbocycles. The first-order valence-electron chi connectivity index (χ1n) is 15.0. The van der Waals surface area contributed by atoms with Crippen molar-refractivity contribution in [1.29, 1.82) is 0 Å². The molecule has 0 heterocycles. The van der Waals surface area contributed by atoms with Crippen LogP contribution in [0.25, 0.3) is 0 Å². The first kappa shape index (κ1) is 32.0. The number of nitrogens with zero attached hydrogens (tertiary/aromatic N) is 1. The first-order valence-corrected chi connectivity index (χ1v) is 15.0. The molecule has 0 spiro atoms. The van der Waals surface area contributed by atoms with Crippen LogP contribution in [0.3, 0.4) is 0 Å². The van der Waals surface area contributed by atoms with Gasteiger partial charge in [-0.15, -0.1) is 0 Å². The summed E-state index contributed by atoms with van der Waals surface area (Å²) in [5.41, 5.74) is 3.39. The molecule has 1 aromatic rings. The first-order chi connectivity index (χ1) is 16.3. The Bertz CT molecular complexity index is 670. The second-order valence-electron chi connectivity index (χ2n) is 14.0. The number of phenols is 1. The van der Waals surface area contributed by atoms with E-state index < -0.39 is 0 Å². The van der Waals surface area contributed by atoms with Gasteiger partial charge in [0.15, 0.2) is 0 Å². The number of phenolic OH excluding ortho intramolecular Hbond substituents is 1. The van der Waals surface area contributed by atoms with Crippen LogP contribution in [0.2, 0.25) is 0 Å². The van der Waals surface area contributed by atoms with Crippen molar-refractivity contribution in [1.82, 2.24) is 0 Å². The minimum Gasteiger partial charge on any atom is -0.507 e. The Morgan fingerprint density at radius 2 is 0.943 bits per heavy atom. The molecule has 0 aliphatic rings. The van der Waals surface area contributed by atoms with E-state index >= 15 is 0 Å². The second-order valence-corrected chi connectivity index (χ2v) is 14.0. The van der Waals surface area contributed by atoms with Crippen molar-refractivity contribution in [3.8, 4) is 5.75 Å². The van der Waals surface area contributed by atoms with Gasteiger partial charge in [0.25, 0.3) is 0 Å². The van der Waals surface area contributed by atoms with Crippen molar-refractivity contribution in [2.75, 3.05) is 20.6 Å². The van der Waals surface area contributed by atoms with Gasteiger partial charge in [-0.25, -0.2) is 0 Å². The fourth-order valence-corrected chi connectivity index (χ4v) is 5.24. The highest BCUT2D eigenvalue weighted by atomic mass is 16.3. The van der Waals surface area contributed by atoms with E-state index in [1.165, 1.54) is 102 Å². The lowest BCUT2D eigenvalue weighted by Gasteiger charge is -2.33. The van der Waals surface area contributed by atoms with E-state index in [2.05, 4.69) is 74.7 Å². The predicted molar refractivity (Wildman–Crippen MR) is 156 cm³/mol. The van der Waals surface area contributed by atoms with E-state index in [4.69, 9.17) is 0 Å². The standard InChI is InChI=1S/C33H61NO/c1-10-11-12-13-14-15-16-17-18-19-20-21-22-23-24-34(8,9)27-28-25-29(32(2,3)4)31(35)30(26-28)33(5,6)7/h25-26H,10-24,27H2,1-9H3/p+1. The molecule has 2 nitrogen and oxygen atoms in total. The molecule has 1 rings (SSSR count). The van der Waals surface area contributed by atoms with Crippen LogP contribution in [-0.2, 0) is 17.4 Å². The van der Waals surface area contributed by atoms with Crippen LogP contribution in [0.4, 0.5) is 0 Å². The zero-order valence-corrected chi connectivity index (χ0v) is 25.4. The Morgan fingerprint density at radius 1 is 0.600 bits per heavy atom. The van der Waals surface area contributed by atoms with Crippen LogP contribution >= 0.6 is 0 Å². The minimum atomic E-state index is -0.0636. The molecule has 2 heteroatoms. The molecule has 0 aliphatic heterocycles. The quantitative estimate of drug-likeness (QED) is 0.171. The number of quaternary nitrogens is 1. The number of aromatic hydroxyl groups is 1. The summed E-state index contributed by atoms with van der Waals surface area (Å²) in [5.74, 6) is 0.492. The number of hydrogen-bond acceptors (Lipinski definition) is 1. The molecule has 0 fully saturated rings. The Kier molecular flexibility index (Phi) is 14.0. The molecule has 0 saturated heterocycles. The monoisotopic (exact) mass is 488 g/mol. The van der Waals surface area contributed by atoms with E-state index in [0.717, 1.165) is 22.2 Å². The third-order valence-electron chi connectivity index (χ3n) is 7.51. The lowest BCUT2D eigenvalue weighted by atomic mass is 9.78. The summed E-state index contributed by atoms with van der Waals surface area (Å²) in [4.78, 5) is 0. The van der Waals surface area contributed by atoms with E-state index in [1.54, 1.807) is 0 Å².